The van der Waals surface area contributed by atoms with Gasteiger partial charge >= 0.3 is 0 Å². The molecule has 2 nitrogen and oxygen atoms in total. The Morgan fingerprint density at radius 3 is 2.39 bits per heavy atom. The molecule has 0 spiro atoms. The average Bonchev–Trinajstić information content (AvgIpc) is 2.59. The maximum atomic E-state index is 5.96. The second kappa shape index (κ2) is 9.83. The second-order valence-electron chi connectivity index (χ2n) is 5.94. The zero-order valence-corrected chi connectivity index (χ0v) is 14.2. The van der Waals surface area contributed by atoms with Crippen molar-refractivity contribution < 1.29 is 4.74 Å². The minimum absolute atomic E-state index is 0.269. The Labute approximate surface area is 140 Å². The van der Waals surface area contributed by atoms with Crippen LogP contribution < -0.4 is 4.74 Å². The first-order chi connectivity index (χ1) is 11.3. The van der Waals surface area contributed by atoms with Crippen molar-refractivity contribution in [3.8, 4) is 5.75 Å². The summed E-state index contributed by atoms with van der Waals surface area (Å²) in [4.78, 5) is 4.49. The van der Waals surface area contributed by atoms with Crippen molar-refractivity contribution >= 4 is 11.9 Å². The van der Waals surface area contributed by atoms with Crippen LogP contribution in [0.2, 0.25) is 0 Å². The van der Waals surface area contributed by atoms with Gasteiger partial charge in [0.25, 0.3) is 0 Å². The highest BCUT2D eigenvalue weighted by molar-refractivity contribution is 5.81. The summed E-state index contributed by atoms with van der Waals surface area (Å²) in [6, 6.07) is 18.1. The van der Waals surface area contributed by atoms with Crippen LogP contribution in [-0.2, 0) is 0 Å². The monoisotopic (exact) mass is 309 g/mol. The Hall–Kier alpha value is -2.09. The van der Waals surface area contributed by atoms with Crippen LogP contribution in [0.3, 0.4) is 0 Å². The van der Waals surface area contributed by atoms with Gasteiger partial charge in [0, 0.05) is 6.21 Å². The Kier molecular flexibility index (Phi) is 7.38. The van der Waals surface area contributed by atoms with E-state index in [1.807, 2.05) is 60.8 Å². The zero-order valence-electron chi connectivity index (χ0n) is 14.2. The van der Waals surface area contributed by atoms with Crippen LogP contribution in [0.15, 0.2) is 59.6 Å². The quantitative estimate of drug-likeness (QED) is 0.400. The Bertz CT molecular complexity index is 575. The van der Waals surface area contributed by atoms with Crippen LogP contribution in [0.5, 0.6) is 5.75 Å². The van der Waals surface area contributed by atoms with Crippen LogP contribution in [0, 0.1) is 0 Å². The van der Waals surface area contributed by atoms with Crippen molar-refractivity contribution in [3.63, 3.8) is 0 Å². The van der Waals surface area contributed by atoms with Crippen LogP contribution in [0.1, 0.15) is 51.5 Å². The third kappa shape index (κ3) is 6.68. The van der Waals surface area contributed by atoms with Crippen molar-refractivity contribution in [1.29, 1.82) is 0 Å². The van der Waals surface area contributed by atoms with E-state index in [4.69, 9.17) is 4.74 Å². The van der Waals surface area contributed by atoms with Gasteiger partial charge in [0.1, 0.15) is 5.75 Å². The Morgan fingerprint density at radius 1 is 0.957 bits per heavy atom. The normalized spacial score (nSPS) is 12.4. The molecule has 0 amide bonds. The molecule has 1 unspecified atom stereocenters. The van der Waals surface area contributed by atoms with Gasteiger partial charge in [-0.2, -0.15) is 0 Å². The van der Waals surface area contributed by atoms with E-state index in [1.165, 1.54) is 25.7 Å². The first kappa shape index (κ1) is 17.3. The first-order valence-corrected chi connectivity index (χ1v) is 8.64. The molecule has 2 aromatic carbocycles. The van der Waals surface area contributed by atoms with E-state index in [-0.39, 0.29) is 6.10 Å². The van der Waals surface area contributed by atoms with Gasteiger partial charge in [0.2, 0.25) is 0 Å². The van der Waals surface area contributed by atoms with E-state index in [0.717, 1.165) is 23.4 Å². The molecule has 0 aliphatic carbocycles. The van der Waals surface area contributed by atoms with Gasteiger partial charge in [-0.05, 0) is 49.6 Å². The fourth-order valence-corrected chi connectivity index (χ4v) is 2.45. The van der Waals surface area contributed by atoms with Crippen LogP contribution in [-0.4, -0.2) is 12.3 Å². The molecular formula is C21H27NO. The average molecular weight is 309 g/mol. The van der Waals surface area contributed by atoms with Crippen molar-refractivity contribution in [2.75, 3.05) is 0 Å². The van der Waals surface area contributed by atoms with Gasteiger partial charge in [-0.25, -0.2) is 0 Å². The molecule has 0 aliphatic rings. The molecule has 122 valence electrons. The summed E-state index contributed by atoms with van der Waals surface area (Å²) in [5.74, 6) is 0.923. The second-order valence-corrected chi connectivity index (χ2v) is 5.94. The van der Waals surface area contributed by atoms with E-state index in [1.54, 1.807) is 0 Å². The molecule has 0 fully saturated rings. The summed E-state index contributed by atoms with van der Waals surface area (Å²) in [6.45, 7) is 4.38. The van der Waals surface area contributed by atoms with E-state index in [9.17, 15) is 0 Å². The minimum Gasteiger partial charge on any atom is -0.491 e. The molecular weight excluding hydrogens is 282 g/mol. The summed E-state index contributed by atoms with van der Waals surface area (Å²) >= 11 is 0. The predicted molar refractivity (Wildman–Crippen MR) is 99.0 cm³/mol. The van der Waals surface area contributed by atoms with Crippen molar-refractivity contribution in [1.82, 2.24) is 0 Å². The third-order valence-electron chi connectivity index (χ3n) is 3.80. The van der Waals surface area contributed by atoms with Gasteiger partial charge in [-0.3, -0.25) is 4.99 Å². The number of aliphatic imine (C=N–C) groups is 1. The maximum absolute atomic E-state index is 5.96. The summed E-state index contributed by atoms with van der Waals surface area (Å²) in [6.07, 6.45) is 8.41. The summed E-state index contributed by atoms with van der Waals surface area (Å²) in [5.41, 5.74) is 2.05. The topological polar surface area (TPSA) is 21.6 Å². The van der Waals surface area contributed by atoms with Crippen molar-refractivity contribution in [3.05, 3.63) is 60.2 Å². The van der Waals surface area contributed by atoms with Crippen LogP contribution in [0.25, 0.3) is 0 Å². The van der Waals surface area contributed by atoms with Gasteiger partial charge in [0.05, 0.1) is 11.8 Å². The number of hydrogen-bond donors (Lipinski definition) is 0. The molecule has 0 heterocycles. The summed E-state index contributed by atoms with van der Waals surface area (Å²) in [7, 11) is 0. The lowest BCUT2D eigenvalue weighted by Gasteiger charge is -2.14. The van der Waals surface area contributed by atoms with E-state index < -0.39 is 0 Å². The number of unbranched alkanes of at least 4 members (excludes halogenated alkanes) is 3. The Morgan fingerprint density at radius 2 is 1.70 bits per heavy atom. The van der Waals surface area contributed by atoms with Gasteiger partial charge in [-0.1, -0.05) is 56.5 Å². The zero-order chi connectivity index (χ0) is 16.3. The van der Waals surface area contributed by atoms with E-state index in [2.05, 4.69) is 18.8 Å². The van der Waals surface area contributed by atoms with Crippen molar-refractivity contribution in [2.24, 2.45) is 4.99 Å². The highest BCUT2D eigenvalue weighted by Gasteiger charge is 2.03. The Balaban J connectivity index is 1.81. The smallest absolute Gasteiger partial charge is 0.119 e. The molecule has 2 rings (SSSR count). The number of benzene rings is 2. The highest BCUT2D eigenvalue weighted by Crippen LogP contribution is 2.20. The third-order valence-corrected chi connectivity index (χ3v) is 3.80. The van der Waals surface area contributed by atoms with Gasteiger partial charge in [0.15, 0.2) is 0 Å². The summed E-state index contributed by atoms with van der Waals surface area (Å²) < 4.78 is 5.96. The fraction of sp³-hybridized carbons (Fsp3) is 0.381. The molecule has 0 N–H and O–H groups in total. The van der Waals surface area contributed by atoms with Crippen LogP contribution >= 0.6 is 0 Å². The largest absolute Gasteiger partial charge is 0.491 e. The van der Waals surface area contributed by atoms with Gasteiger partial charge in [-0.15, -0.1) is 0 Å². The van der Waals surface area contributed by atoms with Crippen molar-refractivity contribution in [2.45, 2.75) is 52.1 Å². The lowest BCUT2D eigenvalue weighted by molar-refractivity contribution is 0.206. The molecule has 0 aliphatic heterocycles. The lowest BCUT2D eigenvalue weighted by Crippen LogP contribution is -2.11. The molecule has 0 radical (unpaired) electrons. The highest BCUT2D eigenvalue weighted by atomic mass is 16.5. The molecule has 1 atom stereocenters. The lowest BCUT2D eigenvalue weighted by atomic mass is 10.1. The predicted octanol–water partition coefficient (Wildman–Crippen LogP) is 6.17. The molecule has 0 bridgehead atoms. The molecule has 0 saturated heterocycles. The number of nitrogens with zero attached hydrogens (tertiary/aromatic N) is 1. The van der Waals surface area contributed by atoms with Crippen LogP contribution in [0.4, 0.5) is 5.69 Å². The molecule has 0 saturated carbocycles. The minimum atomic E-state index is 0.269. The van der Waals surface area contributed by atoms with E-state index in [0.29, 0.717) is 0 Å². The number of ether oxygens (including phenoxy) is 1. The number of hydrogen-bond acceptors (Lipinski definition) is 2. The standard InChI is InChI=1S/C21H27NO/c1-3-4-5-7-10-18(2)23-21-15-13-20(14-16-21)22-17-19-11-8-6-9-12-19/h6,8-9,11-18H,3-5,7,10H2,1-2H3/b22-17+. The first-order valence-electron chi connectivity index (χ1n) is 8.64. The molecule has 2 heteroatoms. The van der Waals surface area contributed by atoms with E-state index >= 15 is 0 Å². The SMILES string of the molecule is CCCCCCC(C)Oc1ccc(/N=C/c2ccccc2)cc1. The molecule has 2 aromatic rings. The number of rotatable bonds is 9. The summed E-state index contributed by atoms with van der Waals surface area (Å²) in [5, 5.41) is 0. The maximum Gasteiger partial charge on any atom is 0.119 e. The fourth-order valence-electron chi connectivity index (χ4n) is 2.45. The molecule has 23 heavy (non-hydrogen) atoms. The molecule has 0 aromatic heterocycles. The van der Waals surface area contributed by atoms with Gasteiger partial charge < -0.3 is 4.74 Å².